The van der Waals surface area contributed by atoms with Gasteiger partial charge in [-0.25, -0.2) is 18.7 Å². The van der Waals surface area contributed by atoms with Crippen molar-refractivity contribution in [3.05, 3.63) is 42.0 Å². The Hall–Kier alpha value is -2.35. The highest BCUT2D eigenvalue weighted by Gasteiger charge is 2.36. The van der Waals surface area contributed by atoms with Crippen LogP contribution in [-0.4, -0.2) is 69.8 Å². The van der Waals surface area contributed by atoms with Gasteiger partial charge in [0.2, 0.25) is 21.8 Å². The van der Waals surface area contributed by atoms with E-state index in [0.29, 0.717) is 32.7 Å². The van der Waals surface area contributed by atoms with Gasteiger partial charge in [-0.2, -0.15) is 0 Å². The molecule has 2 aliphatic heterocycles. The topological polar surface area (TPSA) is 132 Å². The first kappa shape index (κ1) is 32.2. The van der Waals surface area contributed by atoms with Crippen molar-refractivity contribution in [2.24, 2.45) is 17.8 Å². The van der Waals surface area contributed by atoms with Gasteiger partial charge in [-0.15, -0.1) is 4.41 Å². The number of hydrogen-bond acceptors (Lipinski definition) is 8. The van der Waals surface area contributed by atoms with E-state index in [1.807, 2.05) is 56.3 Å². The molecule has 0 aliphatic carbocycles. The molecule has 3 atom stereocenters. The molecule has 0 bridgehead atoms. The molecule has 0 saturated carbocycles. The lowest BCUT2D eigenvalue weighted by Crippen LogP contribution is -2.51. The highest BCUT2D eigenvalue weighted by molar-refractivity contribution is 7.88. The van der Waals surface area contributed by atoms with Crippen molar-refractivity contribution in [3.8, 4) is 0 Å². The van der Waals surface area contributed by atoms with Crippen LogP contribution in [0.5, 0.6) is 0 Å². The number of hydroxylamine groups is 1. The summed E-state index contributed by atoms with van der Waals surface area (Å²) in [7, 11) is -3.80. The Balaban J connectivity index is 1.78. The number of benzene rings is 1. The van der Waals surface area contributed by atoms with E-state index in [1.54, 1.807) is 0 Å². The lowest BCUT2D eigenvalue weighted by molar-refractivity contribution is -0.203. The van der Waals surface area contributed by atoms with Crippen LogP contribution in [0.25, 0.3) is 6.08 Å². The van der Waals surface area contributed by atoms with Gasteiger partial charge >= 0.3 is 0 Å². The minimum Gasteiger partial charge on any atom is -0.350 e. The Morgan fingerprint density at radius 2 is 1.77 bits per heavy atom. The van der Waals surface area contributed by atoms with Crippen LogP contribution in [0.1, 0.15) is 57.9 Å². The molecule has 2 aliphatic rings. The normalized spacial score (nSPS) is 20.2. The number of hydrazine groups is 1. The van der Waals surface area contributed by atoms with E-state index in [2.05, 4.69) is 10.9 Å². The first-order valence-electron chi connectivity index (χ1n) is 13.9. The molecule has 12 heteroatoms. The number of nitrogens with zero attached hydrogens (tertiary/aromatic N) is 1. The van der Waals surface area contributed by atoms with E-state index in [-0.39, 0.29) is 25.3 Å². The molecule has 1 aromatic rings. The maximum absolute atomic E-state index is 13.7. The standard InChI is InChI=1S/C28H43N3O8S/c1-21(2)20-24(27(32)29-31(40(3,34)35)16-15-25-37-18-19-38-25)23(13-9-12-22-10-5-4-6-11-22)28(33)30-39-26-14-7-8-17-36-26/h4-6,9-12,21,23-26H,7-8,13-20H2,1-3H3,(H,29,32)(H,30,33)/t23-,24?,26+/m1/s1. The number of nitrogens with one attached hydrogen (secondary N) is 2. The molecule has 2 amide bonds. The van der Waals surface area contributed by atoms with E-state index >= 15 is 0 Å². The Morgan fingerprint density at radius 1 is 1.05 bits per heavy atom. The van der Waals surface area contributed by atoms with Crippen LogP contribution in [0.4, 0.5) is 0 Å². The summed E-state index contributed by atoms with van der Waals surface area (Å²) in [5, 5.41) is 0. The number of sulfonamides is 1. The summed E-state index contributed by atoms with van der Waals surface area (Å²) in [5.74, 6) is -2.63. The number of ether oxygens (including phenoxy) is 3. The van der Waals surface area contributed by atoms with E-state index in [1.165, 1.54) is 0 Å². The Labute approximate surface area is 237 Å². The fraction of sp³-hybridized carbons (Fsp3) is 0.643. The van der Waals surface area contributed by atoms with Crippen molar-refractivity contribution in [2.45, 2.75) is 65.0 Å². The molecule has 1 unspecified atom stereocenters. The molecule has 1 aromatic carbocycles. The molecule has 2 N–H and O–H groups in total. The van der Waals surface area contributed by atoms with Gasteiger partial charge in [0.1, 0.15) is 0 Å². The molecular formula is C28H43N3O8S. The highest BCUT2D eigenvalue weighted by Crippen LogP contribution is 2.26. The molecule has 0 radical (unpaired) electrons. The van der Waals surface area contributed by atoms with Crippen molar-refractivity contribution in [3.63, 3.8) is 0 Å². The molecule has 2 saturated heterocycles. The minimum atomic E-state index is -3.80. The van der Waals surface area contributed by atoms with Crippen molar-refractivity contribution in [1.82, 2.24) is 15.3 Å². The number of carbonyl (C=O) groups excluding carboxylic acids is 2. The summed E-state index contributed by atoms with van der Waals surface area (Å²) in [5.41, 5.74) is 6.03. The summed E-state index contributed by atoms with van der Waals surface area (Å²) in [6, 6.07) is 9.63. The van der Waals surface area contributed by atoms with Gasteiger partial charge in [-0.3, -0.25) is 15.0 Å². The lowest BCUT2D eigenvalue weighted by Gasteiger charge is -2.30. The summed E-state index contributed by atoms with van der Waals surface area (Å²) in [6.45, 7) is 5.30. The van der Waals surface area contributed by atoms with Gasteiger partial charge in [0, 0.05) is 26.0 Å². The number of rotatable bonds is 15. The van der Waals surface area contributed by atoms with E-state index in [9.17, 15) is 18.0 Å². The average molecular weight is 582 g/mol. The van der Waals surface area contributed by atoms with Crippen LogP contribution >= 0.6 is 0 Å². The van der Waals surface area contributed by atoms with Crippen LogP contribution in [-0.2, 0) is 38.7 Å². The van der Waals surface area contributed by atoms with Crippen molar-refractivity contribution in [2.75, 3.05) is 32.6 Å². The summed E-state index contributed by atoms with van der Waals surface area (Å²) in [6.07, 6.45) is 7.05. The zero-order chi connectivity index (χ0) is 29.0. The second-order valence-electron chi connectivity index (χ2n) is 10.5. The lowest BCUT2D eigenvalue weighted by atomic mass is 9.82. The van der Waals surface area contributed by atoms with Crippen LogP contribution in [0, 0.1) is 17.8 Å². The van der Waals surface area contributed by atoms with Gasteiger partial charge in [0.05, 0.1) is 31.3 Å². The Morgan fingerprint density at radius 3 is 2.40 bits per heavy atom. The largest absolute Gasteiger partial charge is 0.350 e. The summed E-state index contributed by atoms with van der Waals surface area (Å²) < 4.78 is 42.3. The van der Waals surface area contributed by atoms with Gasteiger partial charge < -0.3 is 14.2 Å². The molecule has 11 nitrogen and oxygen atoms in total. The second-order valence-corrected chi connectivity index (χ2v) is 12.4. The molecule has 0 aromatic heterocycles. The van der Waals surface area contributed by atoms with Crippen LogP contribution < -0.4 is 10.9 Å². The molecule has 3 rings (SSSR count). The van der Waals surface area contributed by atoms with E-state index in [0.717, 1.165) is 29.1 Å². The Kier molecular flexibility index (Phi) is 13.0. The quantitative estimate of drug-likeness (QED) is 0.302. The molecular weight excluding hydrogens is 538 g/mol. The second kappa shape index (κ2) is 16.2. The number of hydrogen-bond donors (Lipinski definition) is 2. The maximum Gasteiger partial charge on any atom is 0.247 e. The van der Waals surface area contributed by atoms with Gasteiger partial charge in [-0.05, 0) is 37.2 Å². The fourth-order valence-electron chi connectivity index (χ4n) is 4.64. The van der Waals surface area contributed by atoms with E-state index in [4.69, 9.17) is 19.0 Å². The van der Waals surface area contributed by atoms with Crippen LogP contribution in [0.3, 0.4) is 0 Å². The number of allylic oxidation sites excluding steroid dienone is 1. The predicted octanol–water partition coefficient (Wildman–Crippen LogP) is 3.00. The fourth-order valence-corrected chi connectivity index (χ4v) is 5.33. The molecule has 40 heavy (non-hydrogen) atoms. The summed E-state index contributed by atoms with van der Waals surface area (Å²) in [4.78, 5) is 32.7. The molecule has 0 spiro atoms. The number of amides is 2. The first-order chi connectivity index (χ1) is 19.1. The van der Waals surface area contributed by atoms with Crippen LogP contribution in [0.2, 0.25) is 0 Å². The van der Waals surface area contributed by atoms with E-state index < -0.39 is 46.3 Å². The molecule has 2 heterocycles. The number of carbonyl (C=O) groups is 2. The van der Waals surface area contributed by atoms with Crippen molar-refractivity contribution in [1.29, 1.82) is 0 Å². The highest BCUT2D eigenvalue weighted by atomic mass is 32.2. The van der Waals surface area contributed by atoms with Crippen molar-refractivity contribution < 1.29 is 37.1 Å². The zero-order valence-electron chi connectivity index (χ0n) is 23.6. The van der Waals surface area contributed by atoms with Gasteiger partial charge in [-0.1, -0.05) is 56.3 Å². The van der Waals surface area contributed by atoms with Gasteiger partial charge in [0.15, 0.2) is 12.6 Å². The SMILES string of the molecule is CC(C)CC(C(=O)NN(CCC1OCCO1)S(C)(=O)=O)[C@@H](CC=Cc1ccccc1)C(=O)NO[C@H]1CCCCO1. The van der Waals surface area contributed by atoms with Crippen molar-refractivity contribution >= 4 is 27.9 Å². The average Bonchev–Trinajstić information content (AvgIpc) is 3.45. The maximum atomic E-state index is 13.7. The molecule has 2 fully saturated rings. The monoisotopic (exact) mass is 581 g/mol. The first-order valence-corrected chi connectivity index (χ1v) is 15.8. The van der Waals surface area contributed by atoms with Gasteiger partial charge in [0.25, 0.3) is 0 Å². The smallest absolute Gasteiger partial charge is 0.247 e. The summed E-state index contributed by atoms with van der Waals surface area (Å²) >= 11 is 0. The minimum absolute atomic E-state index is 0.0312. The van der Waals surface area contributed by atoms with Crippen LogP contribution in [0.15, 0.2) is 36.4 Å². The molecule has 224 valence electrons. The zero-order valence-corrected chi connectivity index (χ0v) is 24.4. The third-order valence-electron chi connectivity index (χ3n) is 6.71. The third kappa shape index (κ3) is 10.9. The third-order valence-corrected chi connectivity index (χ3v) is 7.78. The Bertz CT molecular complexity index is 1050. The predicted molar refractivity (Wildman–Crippen MR) is 149 cm³/mol.